The van der Waals surface area contributed by atoms with Gasteiger partial charge in [0.1, 0.15) is 5.58 Å². The van der Waals surface area contributed by atoms with E-state index < -0.39 is 0 Å². The molecule has 0 radical (unpaired) electrons. The summed E-state index contributed by atoms with van der Waals surface area (Å²) in [6.45, 7) is 5.35. The van der Waals surface area contributed by atoms with Crippen molar-refractivity contribution >= 4 is 16.9 Å². The van der Waals surface area contributed by atoms with Crippen LogP contribution in [0.15, 0.2) is 65.5 Å². The van der Waals surface area contributed by atoms with E-state index in [0.29, 0.717) is 13.0 Å². The topological polar surface area (TPSA) is 60.1 Å². The summed E-state index contributed by atoms with van der Waals surface area (Å²) in [7, 11) is 0. The minimum atomic E-state index is -0.0125. The Kier molecular flexibility index (Phi) is 4.98. The molecular formula is C23H23N3O2. The molecule has 142 valence electrons. The van der Waals surface area contributed by atoms with Crippen molar-refractivity contribution in [1.29, 1.82) is 0 Å². The lowest BCUT2D eigenvalue weighted by molar-refractivity contribution is -0.120. The van der Waals surface area contributed by atoms with Crippen LogP contribution in [0.5, 0.6) is 0 Å². The van der Waals surface area contributed by atoms with Crippen molar-refractivity contribution in [2.75, 3.05) is 0 Å². The van der Waals surface area contributed by atoms with Crippen LogP contribution in [0.1, 0.15) is 27.8 Å². The largest absolute Gasteiger partial charge is 0.464 e. The molecule has 0 aliphatic rings. The minimum Gasteiger partial charge on any atom is -0.464 e. The zero-order valence-electron chi connectivity index (χ0n) is 16.1. The van der Waals surface area contributed by atoms with Crippen molar-refractivity contribution in [2.45, 2.75) is 33.4 Å². The second-order valence-corrected chi connectivity index (χ2v) is 7.12. The Hall–Kier alpha value is -3.34. The van der Waals surface area contributed by atoms with Gasteiger partial charge in [0.15, 0.2) is 0 Å². The molecule has 1 N–H and O–H groups in total. The fraction of sp³-hybridized carbons (Fsp3) is 0.217. The number of amides is 1. The molecule has 28 heavy (non-hydrogen) atoms. The van der Waals surface area contributed by atoms with Crippen LogP contribution >= 0.6 is 0 Å². The summed E-state index contributed by atoms with van der Waals surface area (Å²) in [4.78, 5) is 12.4. The van der Waals surface area contributed by atoms with Crippen molar-refractivity contribution in [3.8, 4) is 0 Å². The first-order valence-electron chi connectivity index (χ1n) is 9.38. The molecule has 4 rings (SSSR count). The quantitative estimate of drug-likeness (QED) is 0.552. The van der Waals surface area contributed by atoms with Gasteiger partial charge in [-0.05, 0) is 42.2 Å². The van der Waals surface area contributed by atoms with Gasteiger partial charge in [-0.1, -0.05) is 36.4 Å². The van der Waals surface area contributed by atoms with Gasteiger partial charge in [0, 0.05) is 29.9 Å². The first-order valence-corrected chi connectivity index (χ1v) is 9.38. The van der Waals surface area contributed by atoms with E-state index in [2.05, 4.69) is 35.5 Å². The van der Waals surface area contributed by atoms with Crippen LogP contribution in [-0.2, 0) is 24.3 Å². The molecule has 2 aromatic carbocycles. The second-order valence-electron chi connectivity index (χ2n) is 7.12. The number of aryl methyl sites for hydroxylation is 2. The summed E-state index contributed by atoms with van der Waals surface area (Å²) in [5, 5.41) is 8.22. The van der Waals surface area contributed by atoms with E-state index >= 15 is 0 Å². The fourth-order valence-electron chi connectivity index (χ4n) is 3.30. The molecule has 1 amide bonds. The van der Waals surface area contributed by atoms with Crippen LogP contribution in [0.3, 0.4) is 0 Å². The smallest absolute Gasteiger partial charge is 0.224 e. The molecule has 5 nitrogen and oxygen atoms in total. The molecule has 5 heteroatoms. The number of carbonyl (C=O) groups excluding carboxylic acids is 1. The molecule has 0 unspecified atom stereocenters. The molecule has 0 aliphatic carbocycles. The predicted molar refractivity (Wildman–Crippen MR) is 109 cm³/mol. The number of furan rings is 1. The standard InChI is InChI=1S/C23H23N3O2/c1-16-4-9-21-20(15-28-23(21)17(16)2)12-22(27)24-13-18-5-7-19(8-6-18)14-26-11-3-10-25-26/h3-11,15H,12-14H2,1-2H3,(H,24,27). The number of fused-ring (bicyclic) bond motifs is 1. The van der Waals surface area contributed by atoms with E-state index in [9.17, 15) is 4.79 Å². The molecule has 0 spiro atoms. The minimum absolute atomic E-state index is 0.0125. The summed E-state index contributed by atoms with van der Waals surface area (Å²) in [6, 6.07) is 14.2. The average molecular weight is 373 g/mol. The maximum absolute atomic E-state index is 12.4. The molecule has 4 aromatic rings. The van der Waals surface area contributed by atoms with E-state index in [4.69, 9.17) is 4.42 Å². The highest BCUT2D eigenvalue weighted by molar-refractivity contribution is 5.89. The van der Waals surface area contributed by atoms with Crippen molar-refractivity contribution in [3.63, 3.8) is 0 Å². The van der Waals surface area contributed by atoms with Crippen molar-refractivity contribution in [1.82, 2.24) is 15.1 Å². The second kappa shape index (κ2) is 7.72. The van der Waals surface area contributed by atoms with Crippen LogP contribution in [0.2, 0.25) is 0 Å². The van der Waals surface area contributed by atoms with Gasteiger partial charge in [0.2, 0.25) is 5.91 Å². The van der Waals surface area contributed by atoms with Crippen molar-refractivity contribution in [3.05, 3.63) is 88.9 Å². The highest BCUT2D eigenvalue weighted by Gasteiger charge is 2.12. The number of nitrogens with zero attached hydrogens (tertiary/aromatic N) is 2. The number of aromatic nitrogens is 2. The summed E-state index contributed by atoms with van der Waals surface area (Å²) < 4.78 is 7.58. The third-order valence-electron chi connectivity index (χ3n) is 5.11. The Morgan fingerprint density at radius 1 is 1.11 bits per heavy atom. The van der Waals surface area contributed by atoms with E-state index in [1.807, 2.05) is 42.1 Å². The molecule has 0 saturated heterocycles. The van der Waals surface area contributed by atoms with Gasteiger partial charge in [-0.2, -0.15) is 5.10 Å². The van der Waals surface area contributed by atoms with E-state index in [1.54, 1.807) is 12.5 Å². The van der Waals surface area contributed by atoms with Crippen LogP contribution in [0.25, 0.3) is 11.0 Å². The summed E-state index contributed by atoms with van der Waals surface area (Å²) in [6.07, 6.45) is 5.72. The SMILES string of the molecule is Cc1ccc2c(CC(=O)NCc3ccc(Cn4cccn4)cc3)coc2c1C. The Labute approximate surface area is 164 Å². The van der Waals surface area contributed by atoms with Gasteiger partial charge in [-0.3, -0.25) is 9.48 Å². The molecule has 2 aromatic heterocycles. The lowest BCUT2D eigenvalue weighted by atomic mass is 10.0. The first kappa shape index (κ1) is 18.0. The normalized spacial score (nSPS) is 11.1. The number of hydrogen-bond acceptors (Lipinski definition) is 3. The van der Waals surface area contributed by atoms with E-state index in [1.165, 1.54) is 11.1 Å². The van der Waals surface area contributed by atoms with Gasteiger partial charge in [0.25, 0.3) is 0 Å². The first-order chi connectivity index (χ1) is 13.6. The lowest BCUT2D eigenvalue weighted by Gasteiger charge is -2.07. The number of carbonyl (C=O) groups is 1. The number of rotatable bonds is 6. The molecule has 0 bridgehead atoms. The average Bonchev–Trinajstić information content (AvgIpc) is 3.35. The van der Waals surface area contributed by atoms with E-state index in [-0.39, 0.29) is 5.91 Å². The van der Waals surface area contributed by atoms with Gasteiger partial charge >= 0.3 is 0 Å². The molecule has 0 fully saturated rings. The zero-order chi connectivity index (χ0) is 19.5. The van der Waals surface area contributed by atoms with Gasteiger partial charge in [-0.15, -0.1) is 0 Å². The lowest BCUT2D eigenvalue weighted by Crippen LogP contribution is -2.24. The molecular weight excluding hydrogens is 350 g/mol. The summed E-state index contributed by atoms with van der Waals surface area (Å²) >= 11 is 0. The predicted octanol–water partition coefficient (Wildman–Crippen LogP) is 4.15. The van der Waals surface area contributed by atoms with Crippen LogP contribution in [-0.4, -0.2) is 15.7 Å². The Morgan fingerprint density at radius 3 is 2.64 bits per heavy atom. The third kappa shape index (κ3) is 3.83. The van der Waals surface area contributed by atoms with E-state index in [0.717, 1.165) is 34.2 Å². The van der Waals surface area contributed by atoms with Crippen LogP contribution in [0.4, 0.5) is 0 Å². The van der Waals surface area contributed by atoms with Crippen LogP contribution < -0.4 is 5.32 Å². The maximum atomic E-state index is 12.4. The Balaban J connectivity index is 1.35. The zero-order valence-corrected chi connectivity index (χ0v) is 16.1. The molecule has 0 atom stereocenters. The Morgan fingerprint density at radius 2 is 1.89 bits per heavy atom. The number of nitrogens with one attached hydrogen (secondary N) is 1. The summed E-state index contributed by atoms with van der Waals surface area (Å²) in [5.74, 6) is -0.0125. The van der Waals surface area contributed by atoms with Crippen LogP contribution in [0, 0.1) is 13.8 Å². The Bertz CT molecular complexity index is 1090. The van der Waals surface area contributed by atoms with Gasteiger partial charge in [-0.25, -0.2) is 0 Å². The summed E-state index contributed by atoms with van der Waals surface area (Å²) in [5.41, 5.74) is 6.35. The maximum Gasteiger partial charge on any atom is 0.224 e. The van der Waals surface area contributed by atoms with Crippen molar-refractivity contribution in [2.24, 2.45) is 0 Å². The van der Waals surface area contributed by atoms with Crippen molar-refractivity contribution < 1.29 is 9.21 Å². The highest BCUT2D eigenvalue weighted by atomic mass is 16.3. The number of benzene rings is 2. The molecule has 0 saturated carbocycles. The third-order valence-corrected chi connectivity index (χ3v) is 5.11. The van der Waals surface area contributed by atoms with Gasteiger partial charge < -0.3 is 9.73 Å². The highest BCUT2D eigenvalue weighted by Crippen LogP contribution is 2.26. The molecule has 2 heterocycles. The molecule has 0 aliphatic heterocycles. The number of hydrogen-bond donors (Lipinski definition) is 1. The van der Waals surface area contributed by atoms with Gasteiger partial charge in [0.05, 0.1) is 19.2 Å². The monoisotopic (exact) mass is 373 g/mol. The fourth-order valence-corrected chi connectivity index (χ4v) is 3.30.